The summed E-state index contributed by atoms with van der Waals surface area (Å²) in [6, 6.07) is 11.9. The van der Waals surface area contributed by atoms with Gasteiger partial charge >= 0.3 is 41.6 Å². The predicted octanol–water partition coefficient (Wildman–Crippen LogP) is 2.32. The van der Waals surface area contributed by atoms with Crippen LogP contribution in [0.2, 0.25) is 0 Å². The van der Waals surface area contributed by atoms with Crippen molar-refractivity contribution in [1.29, 1.82) is 0 Å². The second-order valence-electron chi connectivity index (χ2n) is 10.2. The van der Waals surface area contributed by atoms with Crippen LogP contribution in [-0.2, 0) is 25.6 Å². The Morgan fingerprint density at radius 2 is 1.74 bits per heavy atom. The van der Waals surface area contributed by atoms with E-state index in [4.69, 9.17) is 9.84 Å². The number of para-hydroxylation sites is 1. The van der Waals surface area contributed by atoms with Crippen LogP contribution < -0.4 is 15.4 Å². The molecule has 1 aliphatic heterocycles. The molecule has 3 N–H and O–H groups in total. The molecule has 228 valence electrons. The number of nitrogens with one attached hydrogen (secondary N) is 2. The van der Waals surface area contributed by atoms with Gasteiger partial charge in [-0.05, 0) is 49.1 Å². The van der Waals surface area contributed by atoms with Crippen molar-refractivity contribution in [3.63, 3.8) is 0 Å². The van der Waals surface area contributed by atoms with Crippen molar-refractivity contribution in [1.82, 2.24) is 14.7 Å². The topological polar surface area (TPSA) is 149 Å². The Hall–Kier alpha value is -3.61. The number of aryl methyl sites for hydroxylation is 1. The molecule has 1 heterocycles. The fourth-order valence-electron chi connectivity index (χ4n) is 4.62. The summed E-state index contributed by atoms with van der Waals surface area (Å²) in [6.45, 7) is 3.19. The summed E-state index contributed by atoms with van der Waals surface area (Å²) in [6.07, 6.45) is 1.65. The standard InChI is InChI=1S/C30H39N5O7.Na.H/c1-21-8-4-5-9-23(21)31-30(41)32-24-12-11-22(18-25(24)42-3)19-27(37)33(2)20-28(38)35(17-13-29(39)40)16-7-15-34-14-6-10-26(34)36;;/h4-5,8-9,11-12,18H,6-7,10,13-17,19-20H2,1-3H3,(H,39,40)(H2,31,32,41);;. The summed E-state index contributed by atoms with van der Waals surface area (Å²) >= 11 is 0. The molecule has 1 aliphatic rings. The average molecular weight is 606 g/mol. The van der Waals surface area contributed by atoms with Gasteiger partial charge in [-0.3, -0.25) is 19.2 Å². The number of ether oxygens (including phenoxy) is 1. The summed E-state index contributed by atoms with van der Waals surface area (Å²) in [7, 11) is 2.98. The third kappa shape index (κ3) is 11.2. The zero-order valence-electron chi connectivity index (χ0n) is 24.4. The van der Waals surface area contributed by atoms with Crippen LogP contribution >= 0.6 is 0 Å². The van der Waals surface area contributed by atoms with E-state index < -0.39 is 12.0 Å². The number of nitrogens with zero attached hydrogens (tertiary/aromatic N) is 3. The Labute approximate surface area is 274 Å². The normalized spacial score (nSPS) is 12.3. The first-order valence-electron chi connectivity index (χ1n) is 13.9. The molecule has 13 heteroatoms. The maximum absolute atomic E-state index is 13.0. The van der Waals surface area contributed by atoms with Gasteiger partial charge in [0.05, 0.1) is 32.2 Å². The Morgan fingerprint density at radius 3 is 2.40 bits per heavy atom. The van der Waals surface area contributed by atoms with E-state index in [1.807, 2.05) is 25.1 Å². The third-order valence-corrected chi connectivity index (χ3v) is 7.04. The first kappa shape index (κ1) is 35.6. The molecule has 0 saturated carbocycles. The summed E-state index contributed by atoms with van der Waals surface area (Å²) in [5.74, 6) is -1.24. The second kappa shape index (κ2) is 17.5. The number of rotatable bonds is 14. The Morgan fingerprint density at radius 1 is 1.02 bits per heavy atom. The Bertz CT molecular complexity index is 1310. The molecule has 0 bridgehead atoms. The van der Waals surface area contributed by atoms with Gasteiger partial charge < -0.3 is 35.2 Å². The number of likely N-dealkylation sites (tertiary alicyclic amines) is 1. The molecule has 5 amide bonds. The SMILES string of the molecule is COc1cc(CC(=O)N(C)CC(=O)N(CCCN2CCCC2=O)CCC(=O)O)ccc1NC(=O)Nc1ccccc1C.[NaH]. The molecule has 12 nitrogen and oxygen atoms in total. The van der Waals surface area contributed by atoms with Crippen LogP contribution in [0.1, 0.15) is 36.8 Å². The second-order valence-corrected chi connectivity index (χ2v) is 10.2. The number of amides is 5. The van der Waals surface area contributed by atoms with Crippen molar-refractivity contribution in [2.24, 2.45) is 0 Å². The van der Waals surface area contributed by atoms with E-state index in [9.17, 15) is 24.0 Å². The molecule has 0 atom stereocenters. The minimum absolute atomic E-state index is 0. The van der Waals surface area contributed by atoms with Gasteiger partial charge in [0.15, 0.2) is 0 Å². The third-order valence-electron chi connectivity index (χ3n) is 7.04. The van der Waals surface area contributed by atoms with Crippen molar-refractivity contribution in [3.8, 4) is 5.75 Å². The van der Waals surface area contributed by atoms with Crippen molar-refractivity contribution >= 4 is 70.7 Å². The summed E-state index contributed by atoms with van der Waals surface area (Å²) < 4.78 is 5.43. The number of hydrogen-bond donors (Lipinski definition) is 3. The van der Waals surface area contributed by atoms with Crippen molar-refractivity contribution in [2.45, 2.75) is 39.0 Å². The molecule has 0 aromatic heterocycles. The molecular weight excluding hydrogens is 565 g/mol. The molecule has 43 heavy (non-hydrogen) atoms. The first-order chi connectivity index (χ1) is 20.1. The van der Waals surface area contributed by atoms with Gasteiger partial charge in [0.1, 0.15) is 5.75 Å². The van der Waals surface area contributed by atoms with Crippen LogP contribution in [0.3, 0.4) is 0 Å². The van der Waals surface area contributed by atoms with E-state index in [0.29, 0.717) is 55.2 Å². The Kier molecular flexibility index (Phi) is 14.5. The number of likely N-dealkylation sites (N-methyl/N-ethyl adjacent to an activating group) is 1. The molecule has 1 saturated heterocycles. The zero-order chi connectivity index (χ0) is 30.6. The number of benzene rings is 2. The maximum atomic E-state index is 13.0. The number of urea groups is 1. The summed E-state index contributed by atoms with van der Waals surface area (Å²) in [4.78, 5) is 65.9. The number of carboxylic acid groups (broad SMARTS) is 1. The van der Waals surface area contributed by atoms with Crippen LogP contribution in [-0.4, -0.2) is 126 Å². The van der Waals surface area contributed by atoms with E-state index in [0.717, 1.165) is 12.0 Å². The molecule has 0 unspecified atom stereocenters. The van der Waals surface area contributed by atoms with Gasteiger partial charge in [0.25, 0.3) is 0 Å². The van der Waals surface area contributed by atoms with E-state index in [1.165, 1.54) is 24.0 Å². The monoisotopic (exact) mass is 605 g/mol. The van der Waals surface area contributed by atoms with Gasteiger partial charge in [0.2, 0.25) is 17.7 Å². The minimum atomic E-state index is -1.02. The number of carbonyl (C=O) groups is 5. The molecule has 2 aromatic rings. The van der Waals surface area contributed by atoms with Gasteiger partial charge in [-0.25, -0.2) is 4.79 Å². The van der Waals surface area contributed by atoms with Crippen LogP contribution in [0.4, 0.5) is 16.2 Å². The van der Waals surface area contributed by atoms with Crippen LogP contribution in [0.15, 0.2) is 42.5 Å². The van der Waals surface area contributed by atoms with E-state index in [-0.39, 0.29) is 73.2 Å². The number of methoxy groups -OCH3 is 1. The summed E-state index contributed by atoms with van der Waals surface area (Å²) in [5, 5.41) is 14.6. The number of hydrogen-bond acceptors (Lipinski definition) is 6. The van der Waals surface area contributed by atoms with Crippen LogP contribution in [0.5, 0.6) is 5.75 Å². The van der Waals surface area contributed by atoms with E-state index in [1.54, 1.807) is 29.2 Å². The Balaban J connectivity index is 0.00000645. The van der Waals surface area contributed by atoms with Crippen LogP contribution in [0.25, 0.3) is 0 Å². The number of aliphatic carboxylic acids is 1. The molecule has 2 aromatic carbocycles. The quantitative estimate of drug-likeness (QED) is 0.280. The molecule has 0 aliphatic carbocycles. The molecule has 0 radical (unpaired) electrons. The van der Waals surface area contributed by atoms with Gasteiger partial charge in [-0.15, -0.1) is 0 Å². The molecular formula is C30H40N5NaO7. The van der Waals surface area contributed by atoms with Gasteiger partial charge in [0, 0.05) is 45.3 Å². The van der Waals surface area contributed by atoms with E-state index >= 15 is 0 Å². The molecule has 1 fully saturated rings. The van der Waals surface area contributed by atoms with Crippen molar-refractivity contribution in [2.75, 3.05) is 57.5 Å². The summed E-state index contributed by atoms with van der Waals surface area (Å²) in [5.41, 5.74) is 2.64. The number of carboxylic acids is 1. The van der Waals surface area contributed by atoms with E-state index in [2.05, 4.69) is 10.6 Å². The van der Waals surface area contributed by atoms with Crippen molar-refractivity contribution < 1.29 is 33.8 Å². The average Bonchev–Trinajstić information content (AvgIpc) is 3.36. The predicted molar refractivity (Wildman–Crippen MR) is 165 cm³/mol. The number of anilines is 2. The van der Waals surface area contributed by atoms with Crippen LogP contribution in [0, 0.1) is 6.92 Å². The van der Waals surface area contributed by atoms with Crippen molar-refractivity contribution in [3.05, 3.63) is 53.6 Å². The van der Waals surface area contributed by atoms with Gasteiger partial charge in [-0.1, -0.05) is 24.3 Å². The zero-order valence-corrected chi connectivity index (χ0v) is 24.4. The fraction of sp³-hybridized carbons (Fsp3) is 0.433. The fourth-order valence-corrected chi connectivity index (χ4v) is 4.62. The number of carbonyl (C=O) groups excluding carboxylic acids is 4. The molecule has 3 rings (SSSR count). The van der Waals surface area contributed by atoms with Gasteiger partial charge in [-0.2, -0.15) is 0 Å². The molecule has 0 spiro atoms. The first-order valence-corrected chi connectivity index (χ1v) is 13.9.